The number of H-pyrrole nitrogens is 1. The van der Waals surface area contributed by atoms with Crippen molar-refractivity contribution in [2.24, 2.45) is 0 Å². The first-order valence-corrected chi connectivity index (χ1v) is 13.0. The van der Waals surface area contributed by atoms with E-state index in [0.29, 0.717) is 23.8 Å². The van der Waals surface area contributed by atoms with Crippen LogP contribution in [0.5, 0.6) is 0 Å². The van der Waals surface area contributed by atoms with E-state index in [1.165, 1.54) is 12.3 Å². The lowest BCUT2D eigenvalue weighted by Crippen LogP contribution is -2.06. The van der Waals surface area contributed by atoms with Crippen LogP contribution in [-0.4, -0.2) is 26.4 Å². The van der Waals surface area contributed by atoms with E-state index in [2.05, 4.69) is 4.98 Å². The van der Waals surface area contributed by atoms with Crippen LogP contribution in [0.15, 0.2) is 81.5 Å². The van der Waals surface area contributed by atoms with E-state index in [1.54, 1.807) is 43.3 Å². The molecule has 0 aliphatic heterocycles. The number of nitrogens with one attached hydrogen (secondary N) is 1. The van der Waals surface area contributed by atoms with Crippen LogP contribution < -0.4 is 0 Å². The monoisotopic (exact) mass is 469 g/mol. The zero-order valence-electron chi connectivity index (χ0n) is 17.7. The molecule has 2 N–H and O–H groups in total. The second kappa shape index (κ2) is 8.20. The minimum Gasteiger partial charge on any atom is -0.360 e. The summed E-state index contributed by atoms with van der Waals surface area (Å²) in [7, 11) is -8.04. The molecule has 3 aromatic carbocycles. The molecule has 0 radical (unpaired) electrons. The standard InChI is InChI=1S/C24H23NO5S2/c1-16-11-14-22(32(28,29)30)17(2)20(16)13-12-18-7-6-10-21-24(18)23(15-25-21)31(26,27)19-8-4-3-5-9-19/h3-11,14-15,25H,12-13H2,1-2H3,(H,28,29,30). The number of hydrogen-bond donors (Lipinski definition) is 2. The maximum Gasteiger partial charge on any atom is 0.294 e. The third-order valence-electron chi connectivity index (χ3n) is 5.80. The summed E-state index contributed by atoms with van der Waals surface area (Å²) in [6, 6.07) is 17.0. The predicted molar refractivity (Wildman–Crippen MR) is 123 cm³/mol. The first kappa shape index (κ1) is 22.3. The first-order chi connectivity index (χ1) is 15.1. The van der Waals surface area contributed by atoms with Crippen LogP contribution in [0.2, 0.25) is 0 Å². The highest BCUT2D eigenvalue weighted by Crippen LogP contribution is 2.32. The Balaban J connectivity index is 1.78. The molecule has 0 aliphatic rings. The summed E-state index contributed by atoms with van der Waals surface area (Å²) in [6.45, 7) is 3.56. The molecule has 4 aromatic rings. The van der Waals surface area contributed by atoms with Gasteiger partial charge in [-0.2, -0.15) is 8.42 Å². The van der Waals surface area contributed by atoms with Crippen LogP contribution in [-0.2, 0) is 32.8 Å². The predicted octanol–water partition coefficient (Wildman–Crippen LogP) is 4.65. The molecule has 8 heteroatoms. The molecule has 0 saturated heterocycles. The molecule has 0 aliphatic carbocycles. The summed E-state index contributed by atoms with van der Waals surface area (Å²) in [4.78, 5) is 3.40. The maximum absolute atomic E-state index is 13.3. The molecule has 0 spiro atoms. The van der Waals surface area contributed by atoms with Crippen LogP contribution in [0.25, 0.3) is 10.9 Å². The molecule has 0 unspecified atom stereocenters. The van der Waals surface area contributed by atoms with Gasteiger partial charge in [0.05, 0.1) is 14.7 Å². The van der Waals surface area contributed by atoms with Crippen molar-refractivity contribution in [3.63, 3.8) is 0 Å². The lowest BCUT2D eigenvalue weighted by atomic mass is 9.95. The number of hydrogen-bond acceptors (Lipinski definition) is 4. The molecule has 0 amide bonds. The van der Waals surface area contributed by atoms with E-state index in [9.17, 15) is 21.4 Å². The summed E-state index contributed by atoms with van der Waals surface area (Å²) in [6.07, 6.45) is 2.52. The normalized spacial score (nSPS) is 12.3. The van der Waals surface area contributed by atoms with Gasteiger partial charge in [0.2, 0.25) is 9.84 Å². The highest BCUT2D eigenvalue weighted by Gasteiger charge is 2.23. The van der Waals surface area contributed by atoms with Gasteiger partial charge in [0.1, 0.15) is 0 Å². The summed E-state index contributed by atoms with van der Waals surface area (Å²) in [5.74, 6) is 0. The Morgan fingerprint density at radius 2 is 1.53 bits per heavy atom. The van der Waals surface area contributed by atoms with Crippen molar-refractivity contribution in [2.45, 2.75) is 41.4 Å². The maximum atomic E-state index is 13.3. The van der Waals surface area contributed by atoms with Gasteiger partial charge >= 0.3 is 0 Å². The van der Waals surface area contributed by atoms with Crippen LogP contribution in [0.3, 0.4) is 0 Å². The number of rotatable bonds is 6. The van der Waals surface area contributed by atoms with Gasteiger partial charge in [-0.05, 0) is 73.2 Å². The fraction of sp³-hybridized carbons (Fsp3) is 0.167. The minimum absolute atomic E-state index is 0.106. The highest BCUT2D eigenvalue weighted by molar-refractivity contribution is 7.91. The van der Waals surface area contributed by atoms with Gasteiger partial charge < -0.3 is 4.98 Å². The Morgan fingerprint density at radius 1 is 0.812 bits per heavy atom. The highest BCUT2D eigenvalue weighted by atomic mass is 32.2. The second-order valence-electron chi connectivity index (χ2n) is 7.77. The van der Waals surface area contributed by atoms with Crippen LogP contribution >= 0.6 is 0 Å². The fourth-order valence-corrected chi connectivity index (χ4v) is 6.41. The average molecular weight is 470 g/mol. The van der Waals surface area contributed by atoms with Crippen LogP contribution in [0.1, 0.15) is 22.3 Å². The summed E-state index contributed by atoms with van der Waals surface area (Å²) >= 11 is 0. The molecule has 1 heterocycles. The second-order valence-corrected chi connectivity index (χ2v) is 11.1. The van der Waals surface area contributed by atoms with E-state index in [0.717, 1.165) is 22.2 Å². The van der Waals surface area contributed by atoms with Gasteiger partial charge in [-0.25, -0.2) is 8.42 Å². The Kier molecular flexibility index (Phi) is 5.70. The molecule has 4 rings (SSSR count). The molecule has 166 valence electrons. The van der Waals surface area contributed by atoms with Crippen molar-refractivity contribution in [2.75, 3.05) is 0 Å². The molecule has 32 heavy (non-hydrogen) atoms. The summed E-state index contributed by atoms with van der Waals surface area (Å²) < 4.78 is 59.5. The third kappa shape index (κ3) is 3.97. The Hall–Kier alpha value is -2.94. The Bertz CT molecular complexity index is 1520. The molecule has 0 bridgehead atoms. The molecular weight excluding hydrogens is 446 g/mol. The van der Waals surface area contributed by atoms with E-state index < -0.39 is 20.0 Å². The van der Waals surface area contributed by atoms with Gasteiger partial charge in [-0.3, -0.25) is 4.55 Å². The lowest BCUT2D eigenvalue weighted by molar-refractivity contribution is 0.482. The number of aromatic amines is 1. The van der Waals surface area contributed by atoms with Crippen molar-refractivity contribution < 1.29 is 21.4 Å². The van der Waals surface area contributed by atoms with E-state index in [-0.39, 0.29) is 14.7 Å². The molecule has 0 saturated carbocycles. The zero-order valence-corrected chi connectivity index (χ0v) is 19.3. The minimum atomic E-state index is -4.32. The average Bonchev–Trinajstić information content (AvgIpc) is 3.19. The number of sulfone groups is 1. The number of aromatic nitrogens is 1. The first-order valence-electron chi connectivity index (χ1n) is 10.1. The number of fused-ring (bicyclic) bond motifs is 1. The quantitative estimate of drug-likeness (QED) is 0.400. The molecular formula is C24H23NO5S2. The van der Waals surface area contributed by atoms with Crippen molar-refractivity contribution in [3.8, 4) is 0 Å². The van der Waals surface area contributed by atoms with E-state index >= 15 is 0 Å². The molecule has 1 aromatic heterocycles. The number of aryl methyl sites for hydroxylation is 2. The molecule has 0 fully saturated rings. The van der Waals surface area contributed by atoms with Crippen molar-refractivity contribution in [1.29, 1.82) is 0 Å². The van der Waals surface area contributed by atoms with Crippen molar-refractivity contribution in [3.05, 3.63) is 89.1 Å². The van der Waals surface area contributed by atoms with Crippen molar-refractivity contribution >= 4 is 30.9 Å². The van der Waals surface area contributed by atoms with Gasteiger partial charge in [-0.1, -0.05) is 36.4 Å². The van der Waals surface area contributed by atoms with Crippen molar-refractivity contribution in [1.82, 2.24) is 4.98 Å². The largest absolute Gasteiger partial charge is 0.360 e. The SMILES string of the molecule is Cc1ccc(S(=O)(=O)O)c(C)c1CCc1cccc2[nH]cc(S(=O)(=O)c3ccccc3)c12. The zero-order chi connectivity index (χ0) is 23.1. The topological polar surface area (TPSA) is 104 Å². The van der Waals surface area contributed by atoms with E-state index in [1.807, 2.05) is 25.1 Å². The van der Waals surface area contributed by atoms with Gasteiger partial charge in [-0.15, -0.1) is 0 Å². The Labute approximate surface area is 187 Å². The van der Waals surface area contributed by atoms with Gasteiger partial charge in [0.25, 0.3) is 10.1 Å². The number of benzene rings is 3. The van der Waals surface area contributed by atoms with Gasteiger partial charge in [0.15, 0.2) is 0 Å². The summed E-state index contributed by atoms with van der Waals surface area (Å²) in [5, 5.41) is 0.637. The van der Waals surface area contributed by atoms with Crippen LogP contribution in [0.4, 0.5) is 0 Å². The third-order valence-corrected chi connectivity index (χ3v) is 8.60. The summed E-state index contributed by atoms with van der Waals surface area (Å²) in [5.41, 5.74) is 3.80. The van der Waals surface area contributed by atoms with Crippen LogP contribution in [0, 0.1) is 13.8 Å². The molecule has 0 atom stereocenters. The smallest absolute Gasteiger partial charge is 0.294 e. The molecule has 6 nitrogen and oxygen atoms in total. The Morgan fingerprint density at radius 3 is 2.22 bits per heavy atom. The lowest BCUT2D eigenvalue weighted by Gasteiger charge is -2.14. The van der Waals surface area contributed by atoms with E-state index in [4.69, 9.17) is 0 Å². The van der Waals surface area contributed by atoms with Gasteiger partial charge in [0, 0.05) is 17.1 Å². The fourth-order valence-electron chi connectivity index (χ4n) is 4.17.